The van der Waals surface area contributed by atoms with Crippen LogP contribution in [0.4, 0.5) is 13.2 Å². The van der Waals surface area contributed by atoms with Crippen molar-refractivity contribution < 1.29 is 21.6 Å². The van der Waals surface area contributed by atoms with E-state index in [1.807, 2.05) is 0 Å². The summed E-state index contributed by atoms with van der Waals surface area (Å²) in [5, 5.41) is -0.435. The minimum Gasteiger partial charge on any atom is -0.223 e. The number of rotatable bonds is 2. The Morgan fingerprint density at radius 2 is 1.87 bits per heavy atom. The van der Waals surface area contributed by atoms with Gasteiger partial charge < -0.3 is 0 Å². The molecule has 3 rings (SSSR count). The fraction of sp³-hybridized carbons (Fsp3) is 0.333. The quantitative estimate of drug-likeness (QED) is 0.787. The second-order valence-corrected chi connectivity index (χ2v) is 7.24. The van der Waals surface area contributed by atoms with Gasteiger partial charge in [0.1, 0.15) is 0 Å². The van der Waals surface area contributed by atoms with E-state index in [-0.39, 0.29) is 0 Å². The molecular formula is C15H13F3N2O2S. The van der Waals surface area contributed by atoms with E-state index in [2.05, 4.69) is 9.97 Å². The second kappa shape index (κ2) is 5.30. The number of halogens is 3. The Morgan fingerprint density at radius 1 is 1.13 bits per heavy atom. The van der Waals surface area contributed by atoms with Crippen molar-refractivity contribution in [3.63, 3.8) is 0 Å². The molecule has 0 spiro atoms. The van der Waals surface area contributed by atoms with Crippen LogP contribution < -0.4 is 0 Å². The Bertz CT molecular complexity index is 877. The molecule has 122 valence electrons. The Labute approximate surface area is 131 Å². The highest BCUT2D eigenvalue weighted by Gasteiger charge is 2.33. The highest BCUT2D eigenvalue weighted by atomic mass is 32.2. The molecule has 4 nitrogen and oxygen atoms in total. The van der Waals surface area contributed by atoms with Gasteiger partial charge in [0, 0.05) is 11.4 Å². The van der Waals surface area contributed by atoms with Crippen LogP contribution in [0.15, 0.2) is 34.3 Å². The van der Waals surface area contributed by atoms with E-state index >= 15 is 0 Å². The van der Waals surface area contributed by atoms with Crippen molar-refractivity contribution in [1.29, 1.82) is 0 Å². The van der Waals surface area contributed by atoms with Crippen LogP contribution in [0.3, 0.4) is 0 Å². The molecule has 0 atom stereocenters. The SMILES string of the molecule is Cc1nc(S(=O)(=O)c2cccc(C(F)(F)F)c2)nc2c1CCC2. The van der Waals surface area contributed by atoms with Crippen molar-refractivity contribution in [3.8, 4) is 0 Å². The molecule has 0 unspecified atom stereocenters. The van der Waals surface area contributed by atoms with E-state index in [1.54, 1.807) is 6.92 Å². The maximum atomic E-state index is 12.8. The maximum Gasteiger partial charge on any atom is 0.416 e. The van der Waals surface area contributed by atoms with Crippen molar-refractivity contribution in [1.82, 2.24) is 9.97 Å². The lowest BCUT2D eigenvalue weighted by atomic mass is 10.2. The minimum absolute atomic E-state index is 0.435. The molecule has 1 aliphatic carbocycles. The van der Waals surface area contributed by atoms with Crippen LogP contribution in [0.1, 0.15) is 28.9 Å². The Balaban J connectivity index is 2.11. The van der Waals surface area contributed by atoms with Gasteiger partial charge in [0.2, 0.25) is 9.84 Å². The molecule has 8 heteroatoms. The Kier molecular flexibility index (Phi) is 3.66. The second-order valence-electron chi connectivity index (χ2n) is 5.40. The van der Waals surface area contributed by atoms with Crippen molar-refractivity contribution in [3.05, 3.63) is 46.8 Å². The first-order chi connectivity index (χ1) is 10.7. The van der Waals surface area contributed by atoms with E-state index in [9.17, 15) is 21.6 Å². The molecule has 1 heterocycles. The van der Waals surface area contributed by atoms with E-state index in [4.69, 9.17) is 0 Å². The van der Waals surface area contributed by atoms with Crippen molar-refractivity contribution in [2.75, 3.05) is 0 Å². The summed E-state index contributed by atoms with van der Waals surface area (Å²) in [7, 11) is -4.19. The van der Waals surface area contributed by atoms with Crippen LogP contribution in [0.25, 0.3) is 0 Å². The molecule has 0 N–H and O–H groups in total. The topological polar surface area (TPSA) is 59.9 Å². The monoisotopic (exact) mass is 342 g/mol. The van der Waals surface area contributed by atoms with Crippen LogP contribution in [0, 0.1) is 6.92 Å². The fourth-order valence-corrected chi connectivity index (χ4v) is 3.90. The van der Waals surface area contributed by atoms with Crippen LogP contribution in [0.2, 0.25) is 0 Å². The van der Waals surface area contributed by atoms with E-state index in [0.717, 1.165) is 36.6 Å². The average Bonchev–Trinajstić information content (AvgIpc) is 2.95. The number of aromatic nitrogens is 2. The minimum atomic E-state index is -4.61. The molecule has 0 aliphatic heterocycles. The zero-order valence-corrected chi connectivity index (χ0v) is 13.0. The predicted molar refractivity (Wildman–Crippen MR) is 75.7 cm³/mol. The molecule has 1 aliphatic rings. The summed E-state index contributed by atoms with van der Waals surface area (Å²) in [6, 6.07) is 3.63. The molecule has 23 heavy (non-hydrogen) atoms. The molecule has 0 amide bonds. The molecular weight excluding hydrogens is 329 g/mol. The van der Waals surface area contributed by atoms with Gasteiger partial charge in [-0.1, -0.05) is 6.07 Å². The van der Waals surface area contributed by atoms with Gasteiger partial charge >= 0.3 is 6.18 Å². The first-order valence-electron chi connectivity index (χ1n) is 6.98. The lowest BCUT2D eigenvalue weighted by Crippen LogP contribution is -2.12. The van der Waals surface area contributed by atoms with Gasteiger partial charge in [-0.3, -0.25) is 0 Å². The number of hydrogen-bond donors (Lipinski definition) is 0. The third kappa shape index (κ3) is 2.83. The van der Waals surface area contributed by atoms with Gasteiger partial charge in [0.15, 0.2) is 0 Å². The average molecular weight is 342 g/mol. The molecule has 0 saturated heterocycles. The van der Waals surface area contributed by atoms with E-state index < -0.39 is 31.6 Å². The van der Waals surface area contributed by atoms with Crippen molar-refractivity contribution in [2.24, 2.45) is 0 Å². The van der Waals surface area contributed by atoms with Gasteiger partial charge in [0.05, 0.1) is 10.5 Å². The van der Waals surface area contributed by atoms with Crippen LogP contribution in [0.5, 0.6) is 0 Å². The van der Waals surface area contributed by atoms with Gasteiger partial charge in [-0.2, -0.15) is 13.2 Å². The number of fused-ring (bicyclic) bond motifs is 1. The Hall–Kier alpha value is -1.96. The summed E-state index contributed by atoms with van der Waals surface area (Å²) >= 11 is 0. The first kappa shape index (κ1) is 15.9. The largest absolute Gasteiger partial charge is 0.416 e. The molecule has 0 bridgehead atoms. The third-order valence-corrected chi connectivity index (χ3v) is 5.37. The maximum absolute atomic E-state index is 12.8. The molecule has 0 saturated carbocycles. The van der Waals surface area contributed by atoms with Gasteiger partial charge in [-0.15, -0.1) is 0 Å². The van der Waals surface area contributed by atoms with Crippen molar-refractivity contribution in [2.45, 2.75) is 42.4 Å². The lowest BCUT2D eigenvalue weighted by Gasteiger charge is -2.10. The standard InChI is InChI=1S/C15H13F3N2O2S/c1-9-12-6-3-7-13(12)20-14(19-9)23(21,22)11-5-2-4-10(8-11)15(16,17)18/h2,4-5,8H,3,6-7H2,1H3. The molecule has 0 radical (unpaired) electrons. The van der Waals surface area contributed by atoms with Crippen LogP contribution in [-0.2, 0) is 28.9 Å². The third-order valence-electron chi connectivity index (χ3n) is 3.83. The molecule has 1 aromatic heterocycles. The summed E-state index contributed by atoms with van der Waals surface area (Å²) in [6.45, 7) is 1.69. The predicted octanol–water partition coefficient (Wildman–Crippen LogP) is 3.13. The first-order valence-corrected chi connectivity index (χ1v) is 8.46. The number of sulfone groups is 1. The lowest BCUT2D eigenvalue weighted by molar-refractivity contribution is -0.137. The highest BCUT2D eigenvalue weighted by Crippen LogP contribution is 2.32. The van der Waals surface area contributed by atoms with Gasteiger partial charge in [0.25, 0.3) is 5.16 Å². The summed E-state index contributed by atoms with van der Waals surface area (Å²) in [6.07, 6.45) is -2.28. The Morgan fingerprint density at radius 3 is 2.57 bits per heavy atom. The summed E-state index contributed by atoms with van der Waals surface area (Å²) in [5.74, 6) is 0. The number of alkyl halides is 3. The number of aryl methyl sites for hydroxylation is 2. The normalized spacial score (nSPS) is 14.8. The smallest absolute Gasteiger partial charge is 0.223 e. The van der Waals surface area contributed by atoms with E-state index in [0.29, 0.717) is 23.9 Å². The zero-order chi connectivity index (χ0) is 16.8. The summed E-state index contributed by atoms with van der Waals surface area (Å²) in [5.41, 5.74) is 1.16. The molecule has 0 fully saturated rings. The van der Waals surface area contributed by atoms with Gasteiger partial charge in [-0.25, -0.2) is 18.4 Å². The summed E-state index contributed by atoms with van der Waals surface area (Å²) in [4.78, 5) is 7.62. The fourth-order valence-electron chi connectivity index (χ4n) is 2.66. The van der Waals surface area contributed by atoms with Crippen molar-refractivity contribution >= 4 is 9.84 Å². The summed E-state index contributed by atoms with van der Waals surface area (Å²) < 4.78 is 63.5. The van der Waals surface area contributed by atoms with Crippen LogP contribution in [-0.4, -0.2) is 18.4 Å². The highest BCUT2D eigenvalue weighted by molar-refractivity contribution is 7.91. The number of benzene rings is 1. The zero-order valence-electron chi connectivity index (χ0n) is 12.2. The van der Waals surface area contributed by atoms with E-state index in [1.165, 1.54) is 0 Å². The molecule has 1 aromatic carbocycles. The number of nitrogens with zero attached hydrogens (tertiary/aromatic N) is 2. The van der Waals surface area contributed by atoms with Gasteiger partial charge in [-0.05, 0) is 49.9 Å². The van der Waals surface area contributed by atoms with Crippen LogP contribution >= 0.6 is 0 Å². The molecule has 2 aromatic rings. The number of hydrogen-bond acceptors (Lipinski definition) is 4.